The Labute approximate surface area is 116 Å². The second-order valence-corrected chi connectivity index (χ2v) is 5.90. The third-order valence-electron chi connectivity index (χ3n) is 3.36. The molecule has 4 nitrogen and oxygen atoms in total. The van der Waals surface area contributed by atoms with Gasteiger partial charge in [-0.25, -0.2) is 0 Å². The summed E-state index contributed by atoms with van der Waals surface area (Å²) in [5, 5.41) is 17.1. The van der Waals surface area contributed by atoms with E-state index in [0.717, 1.165) is 35.8 Å². The zero-order valence-electron chi connectivity index (χ0n) is 9.99. The van der Waals surface area contributed by atoms with Crippen molar-refractivity contribution in [2.24, 2.45) is 0 Å². The molecule has 2 rings (SSSR count). The number of hydrogen-bond acceptors (Lipinski definition) is 3. The first kappa shape index (κ1) is 12.8. The van der Waals surface area contributed by atoms with Gasteiger partial charge in [0.1, 0.15) is 5.54 Å². The van der Waals surface area contributed by atoms with E-state index in [-0.39, 0.29) is 5.54 Å². The van der Waals surface area contributed by atoms with E-state index in [1.54, 1.807) is 0 Å². The van der Waals surface area contributed by atoms with Crippen molar-refractivity contribution in [1.82, 2.24) is 15.1 Å². The molecule has 0 spiro atoms. The third-order valence-corrected chi connectivity index (χ3v) is 3.92. The van der Waals surface area contributed by atoms with Crippen LogP contribution in [-0.2, 0) is 0 Å². The summed E-state index contributed by atoms with van der Waals surface area (Å²) in [5.41, 5.74) is -0.335. The van der Waals surface area contributed by atoms with Gasteiger partial charge in [0.05, 0.1) is 21.9 Å². The van der Waals surface area contributed by atoms with Crippen LogP contribution in [0.1, 0.15) is 38.6 Å². The number of hydrogen-bond donors (Lipinski definition) is 1. The van der Waals surface area contributed by atoms with Crippen LogP contribution in [0.5, 0.6) is 0 Å². The lowest BCUT2D eigenvalue weighted by Gasteiger charge is -2.22. The Morgan fingerprint density at radius 1 is 1.76 bits per heavy atom. The number of nitrogens with zero attached hydrogens (tertiary/aromatic N) is 3. The van der Waals surface area contributed by atoms with Gasteiger partial charge in [0.2, 0.25) is 0 Å². The Morgan fingerprint density at radius 2 is 2.59 bits per heavy atom. The maximum Gasteiger partial charge on any atom is 0.108 e. The van der Waals surface area contributed by atoms with E-state index in [4.69, 9.17) is 0 Å². The summed E-state index contributed by atoms with van der Waals surface area (Å²) in [4.78, 5) is 0. The zero-order valence-corrected chi connectivity index (χ0v) is 12.1. The first-order valence-electron chi connectivity index (χ1n) is 6.05. The van der Waals surface area contributed by atoms with Gasteiger partial charge in [-0.15, -0.1) is 0 Å². The molecule has 5 heteroatoms. The van der Waals surface area contributed by atoms with Crippen LogP contribution in [0.4, 0.5) is 0 Å². The molecule has 1 heterocycles. The highest BCUT2D eigenvalue weighted by molar-refractivity contribution is 14.1. The molecule has 0 amide bonds. The fraction of sp³-hybridized carbons (Fsp3) is 0.667. The monoisotopic (exact) mass is 344 g/mol. The van der Waals surface area contributed by atoms with E-state index in [0.29, 0.717) is 6.04 Å². The summed E-state index contributed by atoms with van der Waals surface area (Å²) in [5.74, 6) is 0. The number of rotatable bonds is 4. The minimum Gasteiger partial charge on any atom is -0.299 e. The minimum absolute atomic E-state index is 0.335. The molecule has 17 heavy (non-hydrogen) atoms. The molecular formula is C12H17IN4. The molecular weight excluding hydrogens is 327 g/mol. The Kier molecular flexibility index (Phi) is 4.05. The van der Waals surface area contributed by atoms with Crippen LogP contribution in [0, 0.1) is 14.9 Å². The zero-order chi connectivity index (χ0) is 12.3. The fourth-order valence-corrected chi connectivity index (χ4v) is 2.84. The van der Waals surface area contributed by atoms with Gasteiger partial charge in [0.25, 0.3) is 0 Å². The van der Waals surface area contributed by atoms with E-state index >= 15 is 0 Å². The molecule has 1 aromatic heterocycles. The smallest absolute Gasteiger partial charge is 0.108 e. The highest BCUT2D eigenvalue weighted by Gasteiger charge is 2.39. The fourth-order valence-electron chi connectivity index (χ4n) is 2.43. The largest absolute Gasteiger partial charge is 0.299 e. The SMILES string of the molecule is CCCNC1(C#N)CCC(n2cc(I)cn2)C1. The molecule has 2 atom stereocenters. The van der Waals surface area contributed by atoms with Gasteiger partial charge >= 0.3 is 0 Å². The van der Waals surface area contributed by atoms with Crippen LogP contribution in [0.3, 0.4) is 0 Å². The van der Waals surface area contributed by atoms with Crippen molar-refractivity contribution < 1.29 is 0 Å². The predicted molar refractivity (Wildman–Crippen MR) is 74.5 cm³/mol. The van der Waals surface area contributed by atoms with E-state index in [2.05, 4.69) is 52.2 Å². The summed E-state index contributed by atoms with van der Waals surface area (Å²) in [6.07, 6.45) is 7.80. The molecule has 0 saturated heterocycles. The predicted octanol–water partition coefficient (Wildman–Crippen LogP) is 2.47. The van der Waals surface area contributed by atoms with Crippen LogP contribution in [0.25, 0.3) is 0 Å². The van der Waals surface area contributed by atoms with Gasteiger partial charge in [-0.3, -0.25) is 10.00 Å². The molecule has 0 bridgehead atoms. The molecule has 0 aromatic carbocycles. The molecule has 2 unspecified atom stereocenters. The molecule has 1 aromatic rings. The lowest BCUT2D eigenvalue weighted by atomic mass is 9.99. The number of halogens is 1. The summed E-state index contributed by atoms with van der Waals surface area (Å²) >= 11 is 2.26. The van der Waals surface area contributed by atoms with Crippen LogP contribution in [0.15, 0.2) is 12.4 Å². The van der Waals surface area contributed by atoms with E-state index in [9.17, 15) is 5.26 Å². The lowest BCUT2D eigenvalue weighted by Crippen LogP contribution is -2.42. The normalized spacial score (nSPS) is 28.2. The lowest BCUT2D eigenvalue weighted by molar-refractivity contribution is 0.388. The van der Waals surface area contributed by atoms with Crippen molar-refractivity contribution >= 4 is 22.6 Å². The molecule has 0 radical (unpaired) electrons. The van der Waals surface area contributed by atoms with Crippen molar-refractivity contribution in [3.63, 3.8) is 0 Å². The van der Waals surface area contributed by atoms with Gasteiger partial charge in [-0.05, 0) is 48.4 Å². The van der Waals surface area contributed by atoms with Crippen molar-refractivity contribution in [3.8, 4) is 6.07 Å². The average Bonchev–Trinajstić information content (AvgIpc) is 2.93. The first-order chi connectivity index (χ1) is 8.19. The first-order valence-corrected chi connectivity index (χ1v) is 7.13. The van der Waals surface area contributed by atoms with Crippen molar-refractivity contribution in [3.05, 3.63) is 16.0 Å². The maximum atomic E-state index is 9.37. The molecule has 1 aliphatic carbocycles. The van der Waals surface area contributed by atoms with Crippen LogP contribution < -0.4 is 5.32 Å². The standard InChI is InChI=1S/C12H17IN4/c1-2-5-15-12(9-14)4-3-11(6-12)17-8-10(13)7-16-17/h7-8,11,15H,2-6H2,1H3. The highest BCUT2D eigenvalue weighted by atomic mass is 127. The van der Waals surface area contributed by atoms with Gasteiger partial charge in [-0.1, -0.05) is 6.92 Å². The average molecular weight is 344 g/mol. The Hall–Kier alpha value is -0.610. The summed E-state index contributed by atoms with van der Waals surface area (Å²) < 4.78 is 3.16. The Bertz CT molecular complexity index is 422. The van der Waals surface area contributed by atoms with Crippen molar-refractivity contribution in [2.45, 2.75) is 44.2 Å². The third kappa shape index (κ3) is 2.80. The van der Waals surface area contributed by atoms with Crippen LogP contribution in [0.2, 0.25) is 0 Å². The van der Waals surface area contributed by atoms with Crippen molar-refractivity contribution in [2.75, 3.05) is 6.54 Å². The summed E-state index contributed by atoms with van der Waals surface area (Å²) in [7, 11) is 0. The number of nitriles is 1. The van der Waals surface area contributed by atoms with Gasteiger partial charge in [-0.2, -0.15) is 10.4 Å². The van der Waals surface area contributed by atoms with E-state index in [1.807, 2.05) is 10.9 Å². The molecule has 92 valence electrons. The van der Waals surface area contributed by atoms with Gasteiger partial charge < -0.3 is 0 Å². The highest BCUT2D eigenvalue weighted by Crippen LogP contribution is 2.37. The van der Waals surface area contributed by atoms with E-state index < -0.39 is 0 Å². The minimum atomic E-state index is -0.335. The van der Waals surface area contributed by atoms with Crippen LogP contribution in [-0.4, -0.2) is 21.9 Å². The van der Waals surface area contributed by atoms with E-state index in [1.165, 1.54) is 0 Å². The second kappa shape index (κ2) is 5.36. The second-order valence-electron chi connectivity index (χ2n) is 4.66. The number of aromatic nitrogens is 2. The summed E-state index contributed by atoms with van der Waals surface area (Å²) in [6, 6.07) is 2.83. The van der Waals surface area contributed by atoms with Crippen LogP contribution >= 0.6 is 22.6 Å². The summed E-state index contributed by atoms with van der Waals surface area (Å²) in [6.45, 7) is 3.04. The molecule has 1 fully saturated rings. The Balaban J connectivity index is 2.05. The molecule has 0 aliphatic heterocycles. The quantitative estimate of drug-likeness (QED) is 0.854. The Morgan fingerprint density at radius 3 is 3.18 bits per heavy atom. The van der Waals surface area contributed by atoms with Crippen molar-refractivity contribution in [1.29, 1.82) is 5.26 Å². The maximum absolute atomic E-state index is 9.37. The molecule has 1 aliphatic rings. The molecule has 1 N–H and O–H groups in total. The topological polar surface area (TPSA) is 53.6 Å². The molecule has 1 saturated carbocycles. The van der Waals surface area contributed by atoms with Gasteiger partial charge in [0, 0.05) is 12.6 Å². The number of nitrogens with one attached hydrogen (secondary N) is 1. The van der Waals surface area contributed by atoms with Gasteiger partial charge in [0.15, 0.2) is 0 Å².